The summed E-state index contributed by atoms with van der Waals surface area (Å²) in [7, 11) is 0. The van der Waals surface area contributed by atoms with E-state index in [1.807, 2.05) is 0 Å². The molecule has 1 aromatic carbocycles. The van der Waals surface area contributed by atoms with Crippen molar-refractivity contribution in [3.8, 4) is 5.69 Å². The van der Waals surface area contributed by atoms with Gasteiger partial charge in [-0.15, -0.1) is 0 Å². The molecule has 1 fully saturated rings. The van der Waals surface area contributed by atoms with Gasteiger partial charge in [0.15, 0.2) is 0 Å². The number of rotatable bonds is 7. The van der Waals surface area contributed by atoms with Crippen LogP contribution in [0, 0.1) is 11.7 Å². The molecule has 2 aromatic rings. The Bertz CT molecular complexity index is 1110. The van der Waals surface area contributed by atoms with E-state index in [2.05, 4.69) is 4.98 Å². The molecule has 9 nitrogen and oxygen atoms in total. The van der Waals surface area contributed by atoms with Crippen molar-refractivity contribution in [2.24, 2.45) is 5.92 Å². The second-order valence-corrected chi connectivity index (χ2v) is 11.1. The fraction of sp³-hybridized carbons (Fsp3) is 0.538. The molecule has 1 N–H and O–H groups in total. The molecule has 0 bridgehead atoms. The largest absolute Gasteiger partial charge is 0.481 e. The number of ether oxygens (including phenoxy) is 2. The molecule has 1 saturated carbocycles. The summed E-state index contributed by atoms with van der Waals surface area (Å²) in [6.45, 7) is 10.2. The first kappa shape index (κ1) is 27.2. The summed E-state index contributed by atoms with van der Waals surface area (Å²) in [4.78, 5) is 42.8. The SMILES string of the molecule is CC(C)(C)OC(=O)N(CCC[C@H]1C[C@]1(C(=O)O)c1cn(-c2cccc(F)c2)cn1)C(=O)OC(C)(C)C. The minimum Gasteiger partial charge on any atom is -0.481 e. The first-order chi connectivity index (χ1) is 16.6. The lowest BCUT2D eigenvalue weighted by atomic mass is 9.97. The van der Waals surface area contributed by atoms with Crippen molar-refractivity contribution >= 4 is 18.2 Å². The highest BCUT2D eigenvalue weighted by Gasteiger charge is 2.62. The van der Waals surface area contributed by atoms with Crippen molar-refractivity contribution in [1.29, 1.82) is 0 Å². The number of amides is 2. The Labute approximate surface area is 210 Å². The smallest absolute Gasteiger partial charge is 0.419 e. The molecule has 1 aromatic heterocycles. The number of carbonyl (C=O) groups excluding carboxylic acids is 2. The van der Waals surface area contributed by atoms with Gasteiger partial charge in [0.05, 0.1) is 12.0 Å². The Kier molecular flexibility index (Phi) is 7.48. The average Bonchev–Trinajstić information content (AvgIpc) is 3.24. The van der Waals surface area contributed by atoms with E-state index < -0.39 is 40.6 Å². The van der Waals surface area contributed by atoms with Crippen molar-refractivity contribution in [3.63, 3.8) is 0 Å². The van der Waals surface area contributed by atoms with Crippen LogP contribution in [-0.4, -0.2) is 55.5 Å². The van der Waals surface area contributed by atoms with Crippen LogP contribution in [0.2, 0.25) is 0 Å². The molecule has 10 heteroatoms. The maximum Gasteiger partial charge on any atom is 0.419 e. The predicted molar refractivity (Wildman–Crippen MR) is 129 cm³/mol. The number of imide groups is 1. The van der Waals surface area contributed by atoms with Crippen LogP contribution in [0.5, 0.6) is 0 Å². The number of aliphatic carboxylic acids is 1. The van der Waals surface area contributed by atoms with Crippen molar-refractivity contribution < 1.29 is 33.4 Å². The third kappa shape index (κ3) is 6.41. The zero-order chi connectivity index (χ0) is 26.9. The van der Waals surface area contributed by atoms with E-state index >= 15 is 0 Å². The van der Waals surface area contributed by atoms with Crippen LogP contribution in [0.3, 0.4) is 0 Å². The average molecular weight is 504 g/mol. The summed E-state index contributed by atoms with van der Waals surface area (Å²) in [5, 5.41) is 10.0. The van der Waals surface area contributed by atoms with E-state index in [4.69, 9.17) is 9.47 Å². The van der Waals surface area contributed by atoms with Gasteiger partial charge in [0.2, 0.25) is 0 Å². The van der Waals surface area contributed by atoms with Crippen LogP contribution >= 0.6 is 0 Å². The van der Waals surface area contributed by atoms with Crippen LogP contribution in [0.15, 0.2) is 36.8 Å². The second-order valence-electron chi connectivity index (χ2n) is 11.1. The van der Waals surface area contributed by atoms with Crippen LogP contribution in [-0.2, 0) is 19.7 Å². The van der Waals surface area contributed by atoms with E-state index in [1.54, 1.807) is 64.4 Å². The van der Waals surface area contributed by atoms with Gasteiger partial charge in [0.1, 0.15) is 22.4 Å². The zero-order valence-electron chi connectivity index (χ0n) is 21.6. The summed E-state index contributed by atoms with van der Waals surface area (Å²) < 4.78 is 25.9. The number of benzene rings is 1. The Hall–Kier alpha value is -3.43. The Morgan fingerprint density at radius 1 is 1.14 bits per heavy atom. The molecule has 2 amide bonds. The Balaban J connectivity index is 1.69. The van der Waals surface area contributed by atoms with Gasteiger partial charge in [0, 0.05) is 18.4 Å². The monoisotopic (exact) mass is 503 g/mol. The number of nitrogens with zero attached hydrogens (tertiary/aromatic N) is 3. The van der Waals surface area contributed by atoms with Crippen LogP contribution in [0.4, 0.5) is 14.0 Å². The molecule has 0 unspecified atom stereocenters. The van der Waals surface area contributed by atoms with Gasteiger partial charge in [-0.05, 0) is 84.9 Å². The minimum atomic E-state index is -1.17. The fourth-order valence-electron chi connectivity index (χ4n) is 4.08. The van der Waals surface area contributed by atoms with Gasteiger partial charge in [-0.25, -0.2) is 23.9 Å². The van der Waals surface area contributed by atoms with E-state index in [0.717, 1.165) is 4.90 Å². The van der Waals surface area contributed by atoms with Crippen LogP contribution < -0.4 is 0 Å². The molecule has 2 atom stereocenters. The highest BCUT2D eigenvalue weighted by molar-refractivity contribution is 5.88. The maximum atomic E-state index is 13.6. The fourth-order valence-corrected chi connectivity index (χ4v) is 4.08. The number of aromatic nitrogens is 2. The maximum absolute atomic E-state index is 13.6. The van der Waals surface area contributed by atoms with Crippen molar-refractivity contribution in [2.45, 2.75) is 77.4 Å². The molecule has 196 valence electrons. The molecule has 3 rings (SSSR count). The molecule has 0 aliphatic heterocycles. The van der Waals surface area contributed by atoms with E-state index in [-0.39, 0.29) is 12.5 Å². The lowest BCUT2D eigenvalue weighted by molar-refractivity contribution is -0.140. The Morgan fingerprint density at radius 2 is 1.75 bits per heavy atom. The van der Waals surface area contributed by atoms with Crippen LogP contribution in [0.25, 0.3) is 5.69 Å². The van der Waals surface area contributed by atoms with Gasteiger partial charge in [-0.3, -0.25) is 4.79 Å². The van der Waals surface area contributed by atoms with Gasteiger partial charge in [0.25, 0.3) is 0 Å². The number of hydrogen-bond acceptors (Lipinski definition) is 6. The third-order valence-corrected chi connectivity index (χ3v) is 5.79. The van der Waals surface area contributed by atoms with E-state index in [0.29, 0.717) is 30.6 Å². The topological polar surface area (TPSA) is 111 Å². The molecule has 0 spiro atoms. The molecule has 36 heavy (non-hydrogen) atoms. The molecular weight excluding hydrogens is 469 g/mol. The number of carboxylic acid groups (broad SMARTS) is 1. The zero-order valence-corrected chi connectivity index (χ0v) is 21.6. The Morgan fingerprint density at radius 3 is 2.28 bits per heavy atom. The summed E-state index contributed by atoms with van der Waals surface area (Å²) in [5.41, 5.74) is -1.84. The first-order valence-corrected chi connectivity index (χ1v) is 11.9. The lowest BCUT2D eigenvalue weighted by Gasteiger charge is -2.28. The van der Waals surface area contributed by atoms with Crippen LogP contribution in [0.1, 0.15) is 66.5 Å². The normalized spacial score (nSPS) is 19.5. The van der Waals surface area contributed by atoms with E-state index in [9.17, 15) is 23.9 Å². The number of halogens is 1. The highest BCUT2D eigenvalue weighted by Crippen LogP contribution is 2.56. The third-order valence-electron chi connectivity index (χ3n) is 5.79. The highest BCUT2D eigenvalue weighted by atomic mass is 19.1. The molecule has 0 saturated heterocycles. The standard InChI is InChI=1S/C26H34FN3O6/c1-24(2,3)35-22(33)30(23(34)36-25(4,5)6)12-8-9-17-14-26(17,21(31)32)20-15-29(16-28-20)19-11-7-10-18(27)13-19/h7,10-11,13,15-17H,8-9,12,14H2,1-6H3,(H,31,32)/t17-,26+/m0/s1. The second kappa shape index (κ2) is 9.91. The molecule has 0 radical (unpaired) electrons. The molecule has 1 aliphatic rings. The molecule has 1 heterocycles. The lowest BCUT2D eigenvalue weighted by Crippen LogP contribution is -2.44. The van der Waals surface area contributed by atoms with Crippen molar-refractivity contribution in [1.82, 2.24) is 14.5 Å². The van der Waals surface area contributed by atoms with E-state index in [1.165, 1.54) is 18.5 Å². The van der Waals surface area contributed by atoms with Gasteiger partial charge in [-0.1, -0.05) is 6.07 Å². The summed E-state index contributed by atoms with van der Waals surface area (Å²) in [6, 6.07) is 5.94. The number of carbonyl (C=O) groups is 3. The number of hydrogen-bond donors (Lipinski definition) is 1. The molecule has 1 aliphatic carbocycles. The quantitative estimate of drug-likeness (QED) is 0.545. The van der Waals surface area contributed by atoms with Crippen molar-refractivity contribution in [3.05, 3.63) is 48.3 Å². The predicted octanol–water partition coefficient (Wildman–Crippen LogP) is 5.31. The van der Waals surface area contributed by atoms with Crippen molar-refractivity contribution in [2.75, 3.05) is 6.54 Å². The molecular formula is C26H34FN3O6. The summed E-state index contributed by atoms with van der Waals surface area (Å²) in [6.07, 6.45) is 2.63. The minimum absolute atomic E-state index is 0.0216. The first-order valence-electron chi connectivity index (χ1n) is 11.9. The number of imidazole rings is 1. The van der Waals surface area contributed by atoms with Gasteiger partial charge >= 0.3 is 18.2 Å². The van der Waals surface area contributed by atoms with Gasteiger partial charge < -0.3 is 19.1 Å². The summed E-state index contributed by atoms with van der Waals surface area (Å²) in [5.74, 6) is -1.63. The number of carboxylic acids is 1. The summed E-state index contributed by atoms with van der Waals surface area (Å²) >= 11 is 0. The van der Waals surface area contributed by atoms with Gasteiger partial charge in [-0.2, -0.15) is 0 Å².